The molecule has 5 rings (SSSR count). The highest BCUT2D eigenvalue weighted by Gasteiger charge is 2.61. The third-order valence-electron chi connectivity index (χ3n) is 6.00. The summed E-state index contributed by atoms with van der Waals surface area (Å²) >= 11 is 0. The van der Waals surface area contributed by atoms with Crippen molar-refractivity contribution in [3.8, 4) is 5.75 Å². The molecule has 2 aliphatic rings. The normalized spacial score (nSPS) is 21.9. The zero-order valence-electron chi connectivity index (χ0n) is 16.0. The first-order chi connectivity index (χ1) is 13.7. The number of para-hydroxylation sites is 1. The first-order valence-electron chi connectivity index (χ1n) is 9.43. The van der Waals surface area contributed by atoms with Gasteiger partial charge in [-0.2, -0.15) is 13.2 Å². The first kappa shape index (κ1) is 18.0. The fraction of sp³-hybridized carbons (Fsp3) is 0.261. The van der Waals surface area contributed by atoms with Gasteiger partial charge in [0.1, 0.15) is 18.0 Å². The Morgan fingerprint density at radius 3 is 2.48 bits per heavy atom. The summed E-state index contributed by atoms with van der Waals surface area (Å²) in [5.74, 6) is 0.485. The van der Waals surface area contributed by atoms with Crippen molar-refractivity contribution in [2.75, 3.05) is 11.4 Å². The molecule has 0 saturated heterocycles. The molecule has 0 fully saturated rings. The lowest BCUT2D eigenvalue weighted by molar-refractivity contribution is -0.125. The van der Waals surface area contributed by atoms with Gasteiger partial charge in [-0.3, -0.25) is 4.99 Å². The van der Waals surface area contributed by atoms with Gasteiger partial charge in [0.25, 0.3) is 0 Å². The van der Waals surface area contributed by atoms with Gasteiger partial charge in [0.2, 0.25) is 5.72 Å². The molecule has 0 saturated carbocycles. The molecule has 0 amide bonds. The maximum absolute atomic E-state index is 13.6. The minimum atomic E-state index is -4.39. The Morgan fingerprint density at radius 2 is 1.69 bits per heavy atom. The van der Waals surface area contributed by atoms with E-state index in [2.05, 4.69) is 4.99 Å². The number of alkyl halides is 3. The molecule has 0 bridgehead atoms. The van der Waals surface area contributed by atoms with Crippen molar-refractivity contribution in [3.63, 3.8) is 0 Å². The summed E-state index contributed by atoms with van der Waals surface area (Å²) in [6.07, 6.45) is -2.84. The smallest absolute Gasteiger partial charge is 0.406 e. The summed E-state index contributed by atoms with van der Waals surface area (Å²) in [6.45, 7) is 2.68. The van der Waals surface area contributed by atoms with Crippen LogP contribution in [-0.2, 0) is 5.41 Å². The molecule has 6 heteroatoms. The summed E-state index contributed by atoms with van der Waals surface area (Å²) in [5, 5.41) is 1.91. The summed E-state index contributed by atoms with van der Waals surface area (Å²) in [6, 6.07) is 18.6. The summed E-state index contributed by atoms with van der Waals surface area (Å²) in [7, 11) is 0. The van der Waals surface area contributed by atoms with E-state index in [0.717, 1.165) is 16.3 Å². The Hall–Kier alpha value is -3.02. The molecule has 1 unspecified atom stereocenters. The molecule has 3 aromatic rings. The van der Waals surface area contributed by atoms with Crippen LogP contribution in [0, 0.1) is 0 Å². The number of hydrogen-bond donors (Lipinski definition) is 0. The molecule has 29 heavy (non-hydrogen) atoms. The van der Waals surface area contributed by atoms with Crippen molar-refractivity contribution in [3.05, 3.63) is 66.2 Å². The SMILES string of the molecule is CC1(C)c2ccccc2N(CC(F)(F)F)C12C=Nc1c(ccc3ccccc13)O2. The van der Waals surface area contributed by atoms with Gasteiger partial charge in [-0.05, 0) is 36.9 Å². The molecular formula is C23H19F3N2O. The van der Waals surface area contributed by atoms with Crippen LogP contribution in [0.5, 0.6) is 5.75 Å². The van der Waals surface area contributed by atoms with Crippen LogP contribution in [0.4, 0.5) is 24.5 Å². The number of aliphatic imine (C=N–C) groups is 1. The van der Waals surface area contributed by atoms with Gasteiger partial charge in [0, 0.05) is 11.1 Å². The number of rotatable bonds is 1. The van der Waals surface area contributed by atoms with Crippen LogP contribution >= 0.6 is 0 Å². The Kier molecular flexibility index (Phi) is 3.58. The first-order valence-corrected chi connectivity index (χ1v) is 9.43. The van der Waals surface area contributed by atoms with E-state index in [1.807, 2.05) is 56.3 Å². The number of anilines is 1. The van der Waals surface area contributed by atoms with Crippen LogP contribution in [0.2, 0.25) is 0 Å². The van der Waals surface area contributed by atoms with E-state index in [0.29, 0.717) is 17.1 Å². The largest absolute Gasteiger partial charge is 0.459 e. The van der Waals surface area contributed by atoms with E-state index in [4.69, 9.17) is 4.74 Å². The fourth-order valence-electron chi connectivity index (χ4n) is 4.54. The van der Waals surface area contributed by atoms with E-state index >= 15 is 0 Å². The Bertz CT molecular complexity index is 1150. The van der Waals surface area contributed by atoms with Crippen molar-refractivity contribution in [1.82, 2.24) is 0 Å². The summed E-state index contributed by atoms with van der Waals surface area (Å²) in [4.78, 5) is 5.95. The number of ether oxygens (including phenoxy) is 1. The highest BCUT2D eigenvalue weighted by molar-refractivity contribution is 5.99. The van der Waals surface area contributed by atoms with E-state index in [-0.39, 0.29) is 0 Å². The highest BCUT2D eigenvalue weighted by atomic mass is 19.4. The topological polar surface area (TPSA) is 24.8 Å². The highest BCUT2D eigenvalue weighted by Crippen LogP contribution is 2.55. The van der Waals surface area contributed by atoms with E-state index < -0.39 is 23.9 Å². The van der Waals surface area contributed by atoms with Gasteiger partial charge in [-0.1, -0.05) is 48.5 Å². The van der Waals surface area contributed by atoms with Gasteiger partial charge in [0.05, 0.1) is 11.6 Å². The van der Waals surface area contributed by atoms with Crippen molar-refractivity contribution in [2.45, 2.75) is 31.2 Å². The van der Waals surface area contributed by atoms with Crippen LogP contribution in [0.3, 0.4) is 0 Å². The molecule has 0 aromatic heterocycles. The molecule has 3 aromatic carbocycles. The third-order valence-corrected chi connectivity index (χ3v) is 6.00. The average Bonchev–Trinajstić information content (AvgIpc) is 2.86. The van der Waals surface area contributed by atoms with Crippen molar-refractivity contribution >= 4 is 28.4 Å². The fourth-order valence-corrected chi connectivity index (χ4v) is 4.54. The van der Waals surface area contributed by atoms with Gasteiger partial charge in [0.15, 0.2) is 0 Å². The molecule has 1 spiro atoms. The van der Waals surface area contributed by atoms with Crippen molar-refractivity contribution in [2.24, 2.45) is 4.99 Å². The minimum absolute atomic E-state index is 0.485. The van der Waals surface area contributed by atoms with Gasteiger partial charge in [-0.25, -0.2) is 0 Å². The van der Waals surface area contributed by atoms with Gasteiger partial charge in [-0.15, -0.1) is 0 Å². The molecule has 0 radical (unpaired) electrons. The number of nitrogens with zero attached hydrogens (tertiary/aromatic N) is 2. The molecule has 148 valence electrons. The number of halogens is 3. The molecular weight excluding hydrogens is 377 g/mol. The van der Waals surface area contributed by atoms with Crippen LogP contribution in [0.1, 0.15) is 19.4 Å². The maximum Gasteiger partial charge on any atom is 0.406 e. The average molecular weight is 396 g/mol. The Labute approximate surface area is 166 Å². The summed E-state index contributed by atoms with van der Waals surface area (Å²) in [5.41, 5.74) is -0.151. The molecule has 0 N–H and O–H groups in total. The lowest BCUT2D eigenvalue weighted by Crippen LogP contribution is -2.63. The molecule has 1 atom stereocenters. The van der Waals surface area contributed by atoms with E-state index in [1.54, 1.807) is 24.4 Å². The standard InChI is InChI=1S/C23H19F3N2O/c1-21(2)17-9-5-6-10-18(17)28(14-23(24,25)26)22(21)13-27-20-16-8-4-3-7-15(16)11-12-19(20)29-22/h3-13H,14H2,1-2H3. The molecule has 2 heterocycles. The summed E-state index contributed by atoms with van der Waals surface area (Å²) < 4.78 is 47.1. The second kappa shape index (κ2) is 5.75. The van der Waals surface area contributed by atoms with Crippen LogP contribution < -0.4 is 9.64 Å². The predicted octanol–water partition coefficient (Wildman–Crippen LogP) is 5.99. The second-order valence-corrected chi connectivity index (χ2v) is 8.03. The Morgan fingerprint density at radius 1 is 0.966 bits per heavy atom. The molecule has 3 nitrogen and oxygen atoms in total. The third kappa shape index (κ3) is 2.48. The van der Waals surface area contributed by atoms with E-state index in [9.17, 15) is 13.2 Å². The Balaban J connectivity index is 1.72. The zero-order chi connectivity index (χ0) is 20.4. The van der Waals surface area contributed by atoms with Crippen LogP contribution in [0.25, 0.3) is 10.8 Å². The number of hydrogen-bond acceptors (Lipinski definition) is 3. The molecule has 0 aliphatic carbocycles. The van der Waals surface area contributed by atoms with Gasteiger partial charge >= 0.3 is 6.18 Å². The van der Waals surface area contributed by atoms with Crippen LogP contribution in [0.15, 0.2) is 65.7 Å². The van der Waals surface area contributed by atoms with E-state index in [1.165, 1.54) is 4.90 Å². The van der Waals surface area contributed by atoms with Crippen LogP contribution in [-0.4, -0.2) is 24.7 Å². The predicted molar refractivity (Wildman–Crippen MR) is 108 cm³/mol. The van der Waals surface area contributed by atoms with Gasteiger partial charge < -0.3 is 9.64 Å². The number of fused-ring (bicyclic) bond motifs is 4. The van der Waals surface area contributed by atoms with Crippen molar-refractivity contribution < 1.29 is 17.9 Å². The lowest BCUT2D eigenvalue weighted by atomic mass is 9.77. The monoisotopic (exact) mass is 396 g/mol. The quantitative estimate of drug-likeness (QED) is 0.505. The molecule has 2 aliphatic heterocycles. The number of benzene rings is 3. The lowest BCUT2D eigenvalue weighted by Gasteiger charge is -2.46. The zero-order valence-corrected chi connectivity index (χ0v) is 16.0. The maximum atomic E-state index is 13.6. The van der Waals surface area contributed by atoms with Crippen molar-refractivity contribution in [1.29, 1.82) is 0 Å². The minimum Gasteiger partial charge on any atom is -0.459 e. The second-order valence-electron chi connectivity index (χ2n) is 8.03.